The third-order valence-electron chi connectivity index (χ3n) is 4.57. The third kappa shape index (κ3) is 4.65. The molecule has 0 unspecified atom stereocenters. The van der Waals surface area contributed by atoms with Gasteiger partial charge in [0.25, 0.3) is 11.8 Å². The van der Waals surface area contributed by atoms with Gasteiger partial charge in [0.15, 0.2) is 6.61 Å². The minimum atomic E-state index is -0.570. The highest BCUT2D eigenvalue weighted by molar-refractivity contribution is 5.94. The van der Waals surface area contributed by atoms with Crippen molar-refractivity contribution in [2.24, 2.45) is 11.7 Å². The minimum absolute atomic E-state index is 0.0753. The first-order valence-corrected chi connectivity index (χ1v) is 8.71. The van der Waals surface area contributed by atoms with Crippen LogP contribution >= 0.6 is 0 Å². The van der Waals surface area contributed by atoms with E-state index in [-0.39, 0.29) is 24.5 Å². The number of hydrogen-bond donors (Lipinski definition) is 1. The maximum atomic E-state index is 12.9. The summed E-state index contributed by atoms with van der Waals surface area (Å²) >= 11 is 0. The van der Waals surface area contributed by atoms with E-state index in [1.54, 1.807) is 36.3 Å². The van der Waals surface area contributed by atoms with Crippen LogP contribution in [0, 0.1) is 12.8 Å². The predicted molar refractivity (Wildman–Crippen MR) is 96.3 cm³/mol. The van der Waals surface area contributed by atoms with E-state index in [2.05, 4.69) is 5.16 Å². The summed E-state index contributed by atoms with van der Waals surface area (Å²) in [4.78, 5) is 25.5. The average Bonchev–Trinajstić information content (AvgIpc) is 3.25. The topological polar surface area (TPSA) is 108 Å². The van der Waals surface area contributed by atoms with Crippen LogP contribution < -0.4 is 10.5 Å². The molecule has 27 heavy (non-hydrogen) atoms. The Morgan fingerprint density at radius 2 is 2.15 bits per heavy atom. The molecule has 1 aliphatic heterocycles. The van der Waals surface area contributed by atoms with Crippen molar-refractivity contribution in [3.8, 4) is 5.75 Å². The zero-order chi connectivity index (χ0) is 19.4. The third-order valence-corrected chi connectivity index (χ3v) is 4.57. The molecule has 2 N–H and O–H groups in total. The second-order valence-electron chi connectivity index (χ2n) is 6.67. The van der Waals surface area contributed by atoms with Gasteiger partial charge >= 0.3 is 0 Å². The molecule has 1 aromatic carbocycles. The number of aromatic nitrogens is 1. The fourth-order valence-electron chi connectivity index (χ4n) is 3.30. The Morgan fingerprint density at radius 3 is 2.81 bits per heavy atom. The molecule has 8 nitrogen and oxygen atoms in total. The van der Waals surface area contributed by atoms with Gasteiger partial charge in [0.05, 0.1) is 11.8 Å². The van der Waals surface area contributed by atoms with Crippen LogP contribution in [0.25, 0.3) is 0 Å². The van der Waals surface area contributed by atoms with Gasteiger partial charge in [-0.3, -0.25) is 9.59 Å². The van der Waals surface area contributed by atoms with E-state index in [1.807, 2.05) is 13.0 Å². The van der Waals surface area contributed by atoms with E-state index >= 15 is 0 Å². The van der Waals surface area contributed by atoms with E-state index < -0.39 is 5.91 Å². The smallest absolute Gasteiger partial charge is 0.255 e. The molecule has 1 fully saturated rings. The number of benzene rings is 1. The first-order valence-electron chi connectivity index (χ1n) is 8.71. The van der Waals surface area contributed by atoms with Crippen molar-refractivity contribution in [3.63, 3.8) is 0 Å². The molecule has 0 bridgehead atoms. The van der Waals surface area contributed by atoms with Gasteiger partial charge in [-0.1, -0.05) is 11.2 Å². The lowest BCUT2D eigenvalue weighted by Crippen LogP contribution is -2.30. The van der Waals surface area contributed by atoms with Crippen LogP contribution in [-0.4, -0.2) is 54.8 Å². The second-order valence-corrected chi connectivity index (χ2v) is 6.67. The molecule has 2 aromatic rings. The molecule has 0 saturated carbocycles. The second kappa shape index (κ2) is 8.22. The van der Waals surface area contributed by atoms with E-state index in [9.17, 15) is 9.59 Å². The van der Waals surface area contributed by atoms with Crippen LogP contribution in [0.5, 0.6) is 5.75 Å². The highest BCUT2D eigenvalue weighted by atomic mass is 16.5. The zero-order valence-electron chi connectivity index (χ0n) is 15.4. The van der Waals surface area contributed by atoms with E-state index in [0.29, 0.717) is 30.8 Å². The zero-order valence-corrected chi connectivity index (χ0v) is 15.4. The maximum Gasteiger partial charge on any atom is 0.255 e. The van der Waals surface area contributed by atoms with E-state index in [1.165, 1.54) is 0 Å². The lowest BCUT2D eigenvalue weighted by atomic mass is 10.0. The van der Waals surface area contributed by atoms with Gasteiger partial charge in [-0.05, 0) is 25.1 Å². The van der Waals surface area contributed by atoms with Gasteiger partial charge in [-0.2, -0.15) is 0 Å². The van der Waals surface area contributed by atoms with Crippen molar-refractivity contribution in [2.45, 2.75) is 19.4 Å². The van der Waals surface area contributed by atoms with Crippen molar-refractivity contribution in [1.29, 1.82) is 0 Å². The number of rotatable bonds is 7. The summed E-state index contributed by atoms with van der Waals surface area (Å²) in [5, 5.41) is 3.91. The van der Waals surface area contributed by atoms with Crippen molar-refractivity contribution in [3.05, 3.63) is 47.3 Å². The Hall–Kier alpha value is -2.87. The van der Waals surface area contributed by atoms with Crippen LogP contribution in [0.2, 0.25) is 0 Å². The maximum absolute atomic E-state index is 12.9. The number of likely N-dealkylation sites (tertiary alicyclic amines) is 1. The first-order chi connectivity index (χ1) is 13.0. The molecule has 2 heterocycles. The predicted octanol–water partition coefficient (Wildman–Crippen LogP) is 1.18. The summed E-state index contributed by atoms with van der Waals surface area (Å²) < 4.78 is 16.2. The summed E-state index contributed by atoms with van der Waals surface area (Å²) in [5.41, 5.74) is 6.40. The number of nitrogens with two attached hydrogens (primary N) is 1. The number of carbonyl (C=O) groups is 2. The molecule has 1 aliphatic rings. The standard InChI is InChI=1S/C19H23N3O5/c1-12-6-16(27-21-12)8-14-9-22(10-17(14)25-2)19(24)13-4-3-5-15(7-13)26-11-18(20)23/h3-7,14,17H,8-11H2,1-2H3,(H2,20,23)/t14-,17+/m1/s1. The molecular weight excluding hydrogens is 350 g/mol. The summed E-state index contributed by atoms with van der Waals surface area (Å²) in [7, 11) is 1.65. The van der Waals surface area contributed by atoms with Crippen molar-refractivity contribution in [2.75, 3.05) is 26.8 Å². The highest BCUT2D eigenvalue weighted by Gasteiger charge is 2.36. The Labute approximate surface area is 157 Å². The number of primary amides is 1. The Bertz CT molecular complexity index is 819. The van der Waals surface area contributed by atoms with Gasteiger partial charge in [0.2, 0.25) is 0 Å². The molecule has 144 valence electrons. The molecule has 1 aromatic heterocycles. The fourth-order valence-corrected chi connectivity index (χ4v) is 3.30. The minimum Gasteiger partial charge on any atom is -0.484 e. The van der Waals surface area contributed by atoms with Crippen LogP contribution in [0.15, 0.2) is 34.9 Å². The number of amides is 2. The Balaban J connectivity index is 1.68. The summed E-state index contributed by atoms with van der Waals surface area (Å²) in [6.07, 6.45) is 0.582. The molecule has 2 atom stereocenters. The molecular formula is C19H23N3O5. The molecule has 0 spiro atoms. The number of ether oxygens (including phenoxy) is 2. The number of carbonyl (C=O) groups excluding carboxylic acids is 2. The monoisotopic (exact) mass is 373 g/mol. The summed E-state index contributed by atoms with van der Waals surface area (Å²) in [6.45, 7) is 2.70. The summed E-state index contributed by atoms with van der Waals surface area (Å²) in [5.74, 6) is 0.657. The Kier molecular flexibility index (Phi) is 5.75. The van der Waals surface area contributed by atoms with Crippen molar-refractivity contribution >= 4 is 11.8 Å². The van der Waals surface area contributed by atoms with Crippen LogP contribution in [0.1, 0.15) is 21.8 Å². The number of nitrogens with zero attached hydrogens (tertiary/aromatic N) is 2. The average molecular weight is 373 g/mol. The van der Waals surface area contributed by atoms with Gasteiger partial charge in [-0.15, -0.1) is 0 Å². The number of hydrogen-bond acceptors (Lipinski definition) is 6. The normalized spacial score (nSPS) is 19.3. The molecule has 2 amide bonds. The van der Waals surface area contributed by atoms with Crippen LogP contribution in [0.3, 0.4) is 0 Å². The van der Waals surface area contributed by atoms with Gasteiger partial charge in [0, 0.05) is 44.2 Å². The van der Waals surface area contributed by atoms with Crippen LogP contribution in [-0.2, 0) is 16.0 Å². The highest BCUT2D eigenvalue weighted by Crippen LogP contribution is 2.26. The lowest BCUT2D eigenvalue weighted by Gasteiger charge is -2.16. The van der Waals surface area contributed by atoms with Gasteiger partial charge in [0.1, 0.15) is 11.5 Å². The first kappa shape index (κ1) is 18.9. The molecule has 3 rings (SSSR count). The van der Waals surface area contributed by atoms with Crippen molar-refractivity contribution in [1.82, 2.24) is 10.1 Å². The van der Waals surface area contributed by atoms with E-state index in [4.69, 9.17) is 19.7 Å². The van der Waals surface area contributed by atoms with Crippen molar-refractivity contribution < 1.29 is 23.6 Å². The molecule has 0 aliphatic carbocycles. The molecule has 1 saturated heterocycles. The number of methoxy groups -OCH3 is 1. The molecule has 8 heteroatoms. The van der Waals surface area contributed by atoms with Crippen LogP contribution in [0.4, 0.5) is 0 Å². The lowest BCUT2D eigenvalue weighted by molar-refractivity contribution is -0.119. The molecule has 0 radical (unpaired) electrons. The Morgan fingerprint density at radius 1 is 1.33 bits per heavy atom. The fraction of sp³-hybridized carbons (Fsp3) is 0.421. The summed E-state index contributed by atoms with van der Waals surface area (Å²) in [6, 6.07) is 8.62. The van der Waals surface area contributed by atoms with Gasteiger partial charge < -0.3 is 24.6 Å². The largest absolute Gasteiger partial charge is 0.484 e. The van der Waals surface area contributed by atoms with E-state index in [0.717, 1.165) is 11.5 Å². The SMILES string of the molecule is CO[C@H]1CN(C(=O)c2cccc(OCC(N)=O)c2)C[C@H]1Cc1cc(C)no1. The van der Waals surface area contributed by atoms with Gasteiger partial charge in [-0.25, -0.2) is 0 Å². The quantitative estimate of drug-likeness (QED) is 0.781. The number of aryl methyl sites for hydroxylation is 1.